The fraction of sp³-hybridized carbons (Fsp3) is 0.435. The molecule has 2 fully saturated rings. The van der Waals surface area contributed by atoms with Crippen LogP contribution in [0.4, 0.5) is 10.5 Å². The number of hydrogen-bond donors (Lipinski definition) is 2. The number of piperidine rings is 1. The van der Waals surface area contributed by atoms with E-state index in [1.54, 1.807) is 0 Å². The topological polar surface area (TPSA) is 53.6 Å². The minimum atomic E-state index is -0.145. The highest BCUT2D eigenvalue weighted by Crippen LogP contribution is 2.37. The summed E-state index contributed by atoms with van der Waals surface area (Å²) in [5, 5.41) is 6.14. The van der Waals surface area contributed by atoms with Crippen molar-refractivity contribution in [1.82, 2.24) is 10.2 Å². The lowest BCUT2D eigenvalue weighted by molar-refractivity contribution is 0.112. The number of nitrogens with one attached hydrogen (secondary N) is 2. The Labute approximate surface area is 167 Å². The second kappa shape index (κ2) is 8.65. The molecule has 2 N–H and O–H groups in total. The molecule has 2 aliphatic heterocycles. The zero-order valence-corrected chi connectivity index (χ0v) is 16.4. The Morgan fingerprint density at radius 1 is 1.04 bits per heavy atom. The molecular weight excluding hydrogens is 350 g/mol. The average Bonchev–Trinajstić information content (AvgIpc) is 2.93. The average molecular weight is 380 g/mol. The van der Waals surface area contributed by atoms with Crippen LogP contribution < -0.4 is 15.4 Å². The van der Waals surface area contributed by atoms with Gasteiger partial charge in [-0.2, -0.15) is 0 Å². The van der Waals surface area contributed by atoms with Gasteiger partial charge in [0.15, 0.2) is 0 Å². The van der Waals surface area contributed by atoms with Crippen LogP contribution in [-0.2, 0) is 6.54 Å². The smallest absolute Gasteiger partial charge is 0.319 e. The Kier molecular flexibility index (Phi) is 5.81. The minimum absolute atomic E-state index is 0.145. The van der Waals surface area contributed by atoms with Gasteiger partial charge in [0, 0.05) is 24.7 Å². The maximum atomic E-state index is 12.6. The van der Waals surface area contributed by atoms with E-state index in [0.717, 1.165) is 19.4 Å². The van der Waals surface area contributed by atoms with Crippen LogP contribution >= 0.6 is 0 Å². The molecule has 2 aromatic carbocycles. The van der Waals surface area contributed by atoms with E-state index in [1.165, 1.54) is 18.4 Å². The molecule has 2 amide bonds. The maximum Gasteiger partial charge on any atom is 0.319 e. The second-order valence-electron chi connectivity index (χ2n) is 7.74. The highest BCUT2D eigenvalue weighted by atomic mass is 16.5. The first kappa shape index (κ1) is 18.8. The van der Waals surface area contributed by atoms with Gasteiger partial charge in [0.05, 0.1) is 12.3 Å². The van der Waals surface area contributed by atoms with Crippen molar-refractivity contribution in [3.8, 4) is 5.75 Å². The van der Waals surface area contributed by atoms with E-state index in [4.69, 9.17) is 4.74 Å². The number of rotatable bonds is 6. The molecule has 2 saturated heterocycles. The lowest BCUT2D eigenvalue weighted by Gasteiger charge is -2.39. The first-order valence-electron chi connectivity index (χ1n) is 10.3. The monoisotopic (exact) mass is 379 g/mol. The van der Waals surface area contributed by atoms with E-state index >= 15 is 0 Å². The summed E-state index contributed by atoms with van der Waals surface area (Å²) in [5.41, 5.74) is 2.09. The van der Waals surface area contributed by atoms with E-state index in [2.05, 4.69) is 45.9 Å². The zero-order chi connectivity index (χ0) is 19.3. The SMILES string of the molecule is CCOc1ccccc1NC(=O)NC1C[C@H]2CC[C@@H](C1)N2Cc1ccccc1. The van der Waals surface area contributed by atoms with Crippen molar-refractivity contribution in [2.24, 2.45) is 0 Å². The summed E-state index contributed by atoms with van der Waals surface area (Å²) >= 11 is 0. The fourth-order valence-electron chi connectivity index (χ4n) is 4.64. The molecular formula is C23H29N3O2. The van der Waals surface area contributed by atoms with Crippen LogP contribution in [0, 0.1) is 0 Å². The van der Waals surface area contributed by atoms with E-state index in [0.29, 0.717) is 30.1 Å². The van der Waals surface area contributed by atoms with E-state index in [9.17, 15) is 4.79 Å². The van der Waals surface area contributed by atoms with Crippen molar-refractivity contribution >= 4 is 11.7 Å². The van der Waals surface area contributed by atoms with E-state index < -0.39 is 0 Å². The molecule has 2 aromatic rings. The fourth-order valence-corrected chi connectivity index (χ4v) is 4.64. The summed E-state index contributed by atoms with van der Waals surface area (Å²) < 4.78 is 5.59. The summed E-state index contributed by atoms with van der Waals surface area (Å²) in [6.45, 7) is 3.52. The first-order chi connectivity index (χ1) is 13.7. The molecule has 4 rings (SSSR count). The van der Waals surface area contributed by atoms with Crippen LogP contribution in [0.5, 0.6) is 5.75 Å². The number of ether oxygens (including phenoxy) is 1. The number of para-hydroxylation sites is 2. The summed E-state index contributed by atoms with van der Waals surface area (Å²) in [6, 6.07) is 19.4. The predicted octanol–water partition coefficient (Wildman–Crippen LogP) is 4.40. The van der Waals surface area contributed by atoms with Gasteiger partial charge >= 0.3 is 6.03 Å². The standard InChI is InChI=1S/C23H29N3O2/c1-2-28-22-11-7-6-10-21(22)25-23(27)24-18-14-19-12-13-20(15-18)26(19)16-17-8-4-3-5-9-17/h3-11,18-20H,2,12-16H2,1H3,(H2,24,25,27)/t18?,19-,20+. The molecule has 5 nitrogen and oxygen atoms in total. The zero-order valence-electron chi connectivity index (χ0n) is 16.4. The Bertz CT molecular complexity index is 781. The van der Waals surface area contributed by atoms with Gasteiger partial charge in [-0.15, -0.1) is 0 Å². The van der Waals surface area contributed by atoms with E-state index in [-0.39, 0.29) is 12.1 Å². The largest absolute Gasteiger partial charge is 0.492 e. The van der Waals surface area contributed by atoms with Gasteiger partial charge in [0.2, 0.25) is 0 Å². The number of amides is 2. The van der Waals surface area contributed by atoms with Crippen LogP contribution in [0.25, 0.3) is 0 Å². The third-order valence-electron chi connectivity index (χ3n) is 5.86. The third-order valence-corrected chi connectivity index (χ3v) is 5.86. The number of anilines is 1. The highest BCUT2D eigenvalue weighted by molar-refractivity contribution is 5.91. The molecule has 2 bridgehead atoms. The van der Waals surface area contributed by atoms with Gasteiger partial charge in [0.1, 0.15) is 5.75 Å². The second-order valence-corrected chi connectivity index (χ2v) is 7.74. The van der Waals surface area contributed by atoms with E-state index in [1.807, 2.05) is 31.2 Å². The third kappa shape index (κ3) is 4.30. The number of carbonyl (C=O) groups is 1. The Morgan fingerprint density at radius 3 is 2.43 bits per heavy atom. The van der Waals surface area contributed by atoms with Crippen molar-refractivity contribution in [2.75, 3.05) is 11.9 Å². The van der Waals surface area contributed by atoms with Crippen molar-refractivity contribution in [3.63, 3.8) is 0 Å². The number of benzene rings is 2. The van der Waals surface area contributed by atoms with Crippen LogP contribution in [0.1, 0.15) is 38.2 Å². The molecule has 0 radical (unpaired) electrons. The van der Waals surface area contributed by atoms with Gasteiger partial charge in [-0.05, 0) is 50.3 Å². The van der Waals surface area contributed by atoms with Gasteiger partial charge in [-0.1, -0.05) is 42.5 Å². The van der Waals surface area contributed by atoms with Crippen LogP contribution in [0.15, 0.2) is 54.6 Å². The molecule has 1 unspecified atom stereocenters. The molecule has 2 heterocycles. The highest BCUT2D eigenvalue weighted by Gasteiger charge is 2.40. The van der Waals surface area contributed by atoms with Gasteiger partial charge < -0.3 is 15.4 Å². The van der Waals surface area contributed by atoms with Gasteiger partial charge in [0.25, 0.3) is 0 Å². The molecule has 0 aliphatic carbocycles. The minimum Gasteiger partial charge on any atom is -0.492 e. The predicted molar refractivity (Wildman–Crippen MR) is 112 cm³/mol. The van der Waals surface area contributed by atoms with Crippen molar-refractivity contribution in [1.29, 1.82) is 0 Å². The molecule has 5 heteroatoms. The number of nitrogens with zero attached hydrogens (tertiary/aromatic N) is 1. The van der Waals surface area contributed by atoms with Gasteiger partial charge in [-0.25, -0.2) is 4.79 Å². The number of fused-ring (bicyclic) bond motifs is 2. The number of carbonyl (C=O) groups excluding carboxylic acids is 1. The quantitative estimate of drug-likeness (QED) is 0.782. The molecule has 148 valence electrons. The van der Waals surface area contributed by atoms with Crippen molar-refractivity contribution in [2.45, 2.75) is 57.3 Å². The molecule has 0 saturated carbocycles. The molecule has 0 spiro atoms. The summed E-state index contributed by atoms with van der Waals surface area (Å²) in [6.07, 6.45) is 4.49. The van der Waals surface area contributed by atoms with Crippen LogP contribution in [0.2, 0.25) is 0 Å². The lowest BCUT2D eigenvalue weighted by Crippen LogP contribution is -2.50. The Morgan fingerprint density at radius 2 is 1.71 bits per heavy atom. The van der Waals surface area contributed by atoms with Crippen molar-refractivity contribution < 1.29 is 9.53 Å². The summed E-state index contributed by atoms with van der Waals surface area (Å²) in [4.78, 5) is 15.2. The lowest BCUT2D eigenvalue weighted by atomic mass is 9.96. The molecule has 28 heavy (non-hydrogen) atoms. The van der Waals surface area contributed by atoms with Crippen LogP contribution in [-0.4, -0.2) is 35.7 Å². The first-order valence-corrected chi connectivity index (χ1v) is 10.3. The number of hydrogen-bond acceptors (Lipinski definition) is 3. The Balaban J connectivity index is 1.33. The summed E-state index contributed by atoms with van der Waals surface area (Å²) in [7, 11) is 0. The molecule has 3 atom stereocenters. The van der Waals surface area contributed by atoms with Crippen molar-refractivity contribution in [3.05, 3.63) is 60.2 Å². The van der Waals surface area contributed by atoms with Crippen LogP contribution in [0.3, 0.4) is 0 Å². The maximum absolute atomic E-state index is 12.6. The number of urea groups is 1. The summed E-state index contributed by atoms with van der Waals surface area (Å²) in [5.74, 6) is 0.706. The molecule has 0 aromatic heterocycles. The van der Waals surface area contributed by atoms with Gasteiger partial charge in [-0.3, -0.25) is 4.90 Å². The molecule has 2 aliphatic rings. The normalized spacial score (nSPS) is 24.0. The Hall–Kier alpha value is -2.53.